The van der Waals surface area contributed by atoms with E-state index >= 15 is 0 Å². The van der Waals surface area contributed by atoms with Gasteiger partial charge in [-0.1, -0.05) is 15.9 Å². The van der Waals surface area contributed by atoms with Gasteiger partial charge in [-0.05, 0) is 42.9 Å². The summed E-state index contributed by atoms with van der Waals surface area (Å²) in [5, 5.41) is 49.9. The van der Waals surface area contributed by atoms with Crippen molar-refractivity contribution in [2.45, 2.75) is 44.2 Å². The minimum Gasteiger partial charge on any atom is -0.481 e. The average Bonchev–Trinajstić information content (AvgIpc) is 2.74. The normalized spacial score (nSPS) is 12.2. The van der Waals surface area contributed by atoms with Crippen molar-refractivity contribution in [2.75, 3.05) is 11.9 Å². The van der Waals surface area contributed by atoms with Gasteiger partial charge in [0.1, 0.15) is 12.1 Å². The van der Waals surface area contributed by atoms with Gasteiger partial charge in [0.05, 0.1) is 0 Å². The number of hydrogen-bond donors (Lipinski definition) is 7. The molecule has 0 fully saturated rings. The summed E-state index contributed by atoms with van der Waals surface area (Å²) < 4.78 is 0.439. The van der Waals surface area contributed by atoms with E-state index < -0.39 is 55.5 Å². The number of anilines is 1. The van der Waals surface area contributed by atoms with Crippen molar-refractivity contribution in [3.63, 3.8) is 0 Å². The summed E-state index contributed by atoms with van der Waals surface area (Å²) in [6, 6.07) is 0.478. The predicted molar refractivity (Wildman–Crippen MR) is 123 cm³/mol. The van der Waals surface area contributed by atoms with E-state index in [4.69, 9.17) is 10.2 Å². The highest BCUT2D eigenvalue weighted by molar-refractivity contribution is 9.10. The first-order valence-corrected chi connectivity index (χ1v) is 10.8. The quantitative estimate of drug-likeness (QED) is 0.155. The molecule has 15 heteroatoms. The maximum atomic E-state index is 12.5. The number of benzene rings is 1. The van der Waals surface area contributed by atoms with Crippen molar-refractivity contribution in [3.8, 4) is 0 Å². The Bertz CT molecular complexity index is 930. The lowest BCUT2D eigenvalue weighted by molar-refractivity contribution is -0.140. The van der Waals surface area contributed by atoms with Gasteiger partial charge in [-0.2, -0.15) is 0 Å². The maximum absolute atomic E-state index is 12.5. The zero-order chi connectivity index (χ0) is 26.0. The second-order valence-corrected chi connectivity index (χ2v) is 8.11. The molecule has 0 aliphatic rings. The first-order valence-electron chi connectivity index (χ1n) is 10.00. The summed E-state index contributed by atoms with van der Waals surface area (Å²) in [4.78, 5) is 58.9. The number of carbonyl (C=O) groups is 5. The fourth-order valence-electron chi connectivity index (χ4n) is 2.85. The maximum Gasteiger partial charge on any atom is 0.489 e. The summed E-state index contributed by atoms with van der Waals surface area (Å²) in [7, 11) is -0.293. The molecule has 1 aromatic rings. The van der Waals surface area contributed by atoms with E-state index in [1.165, 1.54) is 24.1 Å². The molecular formula is C19H25BBrN3O10. The first kappa shape index (κ1) is 28.9. The molecule has 0 aromatic heterocycles. The largest absolute Gasteiger partial charge is 0.489 e. The van der Waals surface area contributed by atoms with Crippen LogP contribution in [-0.2, 0) is 19.2 Å². The molecule has 3 amide bonds. The zero-order valence-electron chi connectivity index (χ0n) is 18.1. The van der Waals surface area contributed by atoms with Gasteiger partial charge in [-0.15, -0.1) is 0 Å². The summed E-state index contributed by atoms with van der Waals surface area (Å²) in [5.41, 5.74) is 0.533. The second kappa shape index (κ2) is 13.5. The number of urea groups is 1. The standard InChI is InChI=1S/C19H25BBrN3O10/c1-24(10-5-6-12(21)11(9-10)20(33)34)15(25)4-2-3-13(17(28)29)22-19(32)23-14(18(30)31)7-8-16(26)27/h5-6,9,13-14,33-34H,2-4,7-8H2,1H3,(H,26,27)(H,28,29)(H,30,31)(H2,22,23,32)/t13-,14-/m0/s1. The molecule has 0 saturated carbocycles. The summed E-state index contributed by atoms with van der Waals surface area (Å²) in [6.07, 6.45) is -1.06. The Balaban J connectivity index is 2.66. The van der Waals surface area contributed by atoms with E-state index in [0.717, 1.165) is 0 Å². The molecule has 13 nitrogen and oxygen atoms in total. The molecule has 0 aliphatic heterocycles. The van der Waals surface area contributed by atoms with Crippen molar-refractivity contribution in [3.05, 3.63) is 22.7 Å². The molecule has 0 saturated heterocycles. The molecule has 1 rings (SSSR count). The Labute approximate surface area is 203 Å². The highest BCUT2D eigenvalue weighted by atomic mass is 79.9. The number of rotatable bonds is 13. The molecule has 0 bridgehead atoms. The number of amides is 3. The smallest absolute Gasteiger partial charge is 0.481 e. The van der Waals surface area contributed by atoms with Crippen molar-refractivity contribution in [1.29, 1.82) is 0 Å². The van der Waals surface area contributed by atoms with Crippen LogP contribution in [0.4, 0.5) is 10.5 Å². The van der Waals surface area contributed by atoms with Crippen LogP contribution < -0.4 is 21.0 Å². The fourth-order valence-corrected chi connectivity index (χ4v) is 3.30. The fraction of sp³-hybridized carbons (Fsp3) is 0.421. The van der Waals surface area contributed by atoms with E-state index in [1.54, 1.807) is 6.07 Å². The van der Waals surface area contributed by atoms with Crippen LogP contribution in [0.1, 0.15) is 32.1 Å². The van der Waals surface area contributed by atoms with Gasteiger partial charge in [0, 0.05) is 30.0 Å². The van der Waals surface area contributed by atoms with Crippen LogP contribution in [0.3, 0.4) is 0 Å². The van der Waals surface area contributed by atoms with Crippen molar-refractivity contribution in [2.24, 2.45) is 0 Å². The molecule has 0 radical (unpaired) electrons. The van der Waals surface area contributed by atoms with Crippen LogP contribution in [0.5, 0.6) is 0 Å². The highest BCUT2D eigenvalue weighted by Gasteiger charge is 2.25. The summed E-state index contributed by atoms with van der Waals surface area (Å²) in [5.74, 6) is -4.52. The van der Waals surface area contributed by atoms with Crippen LogP contribution >= 0.6 is 15.9 Å². The minimum atomic E-state index is -1.75. The van der Waals surface area contributed by atoms with Gasteiger partial charge in [0.2, 0.25) is 5.91 Å². The Morgan fingerprint density at radius 1 is 0.971 bits per heavy atom. The Hall–Kier alpha value is -3.17. The van der Waals surface area contributed by atoms with Crippen LogP contribution in [0.15, 0.2) is 22.7 Å². The van der Waals surface area contributed by atoms with Crippen LogP contribution in [0.25, 0.3) is 0 Å². The monoisotopic (exact) mass is 545 g/mol. The number of halogens is 1. The van der Waals surface area contributed by atoms with Crippen LogP contribution in [0, 0.1) is 0 Å². The summed E-state index contributed by atoms with van der Waals surface area (Å²) >= 11 is 3.17. The predicted octanol–water partition coefficient (Wildman–Crippen LogP) is -0.668. The van der Waals surface area contributed by atoms with E-state index in [0.29, 0.717) is 10.2 Å². The number of aliphatic carboxylic acids is 3. The Morgan fingerprint density at radius 3 is 2.03 bits per heavy atom. The summed E-state index contributed by atoms with van der Waals surface area (Å²) in [6.45, 7) is 0. The van der Waals surface area contributed by atoms with E-state index in [-0.39, 0.29) is 31.1 Å². The Morgan fingerprint density at radius 2 is 1.53 bits per heavy atom. The number of nitrogens with zero attached hydrogens (tertiary/aromatic N) is 1. The van der Waals surface area contributed by atoms with Crippen molar-refractivity contribution < 1.29 is 49.3 Å². The first-order chi connectivity index (χ1) is 15.8. The van der Waals surface area contributed by atoms with Crippen LogP contribution in [-0.4, -0.2) is 81.5 Å². The van der Waals surface area contributed by atoms with Gasteiger partial charge in [-0.25, -0.2) is 14.4 Å². The number of carbonyl (C=O) groups excluding carboxylic acids is 2. The van der Waals surface area contributed by atoms with E-state index in [1.807, 2.05) is 5.32 Å². The molecule has 7 N–H and O–H groups in total. The van der Waals surface area contributed by atoms with Gasteiger partial charge in [0.15, 0.2) is 0 Å². The zero-order valence-corrected chi connectivity index (χ0v) is 19.7. The van der Waals surface area contributed by atoms with Crippen molar-refractivity contribution >= 4 is 64.0 Å². The molecule has 0 heterocycles. The third-order valence-electron chi connectivity index (χ3n) is 4.76. The number of carboxylic acid groups (broad SMARTS) is 3. The SMILES string of the molecule is CN(C(=O)CCC[C@H](NC(=O)N[C@@H](CCC(=O)O)C(=O)O)C(=O)O)c1ccc(Br)c(B(O)O)c1. The molecule has 34 heavy (non-hydrogen) atoms. The van der Waals surface area contributed by atoms with Gasteiger partial charge >= 0.3 is 31.1 Å². The third kappa shape index (κ3) is 9.37. The highest BCUT2D eigenvalue weighted by Crippen LogP contribution is 2.18. The topological polar surface area (TPSA) is 214 Å². The van der Waals surface area contributed by atoms with E-state index in [2.05, 4.69) is 21.2 Å². The average molecular weight is 546 g/mol. The second-order valence-electron chi connectivity index (χ2n) is 7.26. The number of carboxylic acids is 3. The minimum absolute atomic E-state index is 0.0633. The van der Waals surface area contributed by atoms with Gasteiger partial charge < -0.3 is 40.9 Å². The lowest BCUT2D eigenvalue weighted by atomic mass is 9.80. The van der Waals surface area contributed by atoms with Crippen LogP contribution in [0.2, 0.25) is 0 Å². The molecular weight excluding hydrogens is 521 g/mol. The van der Waals surface area contributed by atoms with Crippen molar-refractivity contribution in [1.82, 2.24) is 10.6 Å². The Kier molecular flexibility index (Phi) is 11.5. The number of nitrogens with one attached hydrogen (secondary N) is 2. The lowest BCUT2D eigenvalue weighted by Gasteiger charge is -2.20. The number of hydrogen-bond acceptors (Lipinski definition) is 7. The van der Waals surface area contributed by atoms with Gasteiger partial charge in [-0.3, -0.25) is 9.59 Å². The van der Waals surface area contributed by atoms with Gasteiger partial charge in [0.25, 0.3) is 0 Å². The lowest BCUT2D eigenvalue weighted by Crippen LogP contribution is -2.51. The molecule has 0 unspecified atom stereocenters. The molecule has 2 atom stereocenters. The molecule has 1 aromatic carbocycles. The van der Waals surface area contributed by atoms with E-state index in [9.17, 15) is 39.1 Å². The molecule has 0 spiro atoms. The molecule has 0 aliphatic carbocycles. The molecule has 186 valence electrons. The third-order valence-corrected chi connectivity index (χ3v) is 5.48.